The predicted octanol–water partition coefficient (Wildman–Crippen LogP) is 4.67. The number of pyridine rings is 1. The van der Waals surface area contributed by atoms with E-state index in [1.165, 1.54) is 32.1 Å². The lowest BCUT2D eigenvalue weighted by Gasteiger charge is -2.13. The summed E-state index contributed by atoms with van der Waals surface area (Å²) in [6.07, 6.45) is 9.19. The van der Waals surface area contributed by atoms with Gasteiger partial charge in [0.05, 0.1) is 17.6 Å². The average molecular weight is 246 g/mol. The Morgan fingerprint density at radius 3 is 2.67 bits per heavy atom. The summed E-state index contributed by atoms with van der Waals surface area (Å²) < 4.78 is 0. The largest absolute Gasteiger partial charge is 0.397 e. The summed E-state index contributed by atoms with van der Waals surface area (Å²) in [4.78, 5) is 4.31. The van der Waals surface area contributed by atoms with Crippen LogP contribution >= 0.6 is 0 Å². The Labute approximate surface area is 111 Å². The standard InChI is InChI=1S/C16H26N2/c1-4-7-14(5-2)9-6-8-13(3)16-11-10-15(17)12-18-16/h10-12,14H,3-9,17H2,1-2H3. The molecule has 0 aliphatic rings. The van der Waals surface area contributed by atoms with Crippen LogP contribution in [-0.2, 0) is 0 Å². The molecule has 0 amide bonds. The highest BCUT2D eigenvalue weighted by molar-refractivity contribution is 5.60. The van der Waals surface area contributed by atoms with Crippen molar-refractivity contribution in [3.05, 3.63) is 30.6 Å². The molecular formula is C16H26N2. The lowest BCUT2D eigenvalue weighted by Crippen LogP contribution is -1.98. The number of allylic oxidation sites excluding steroid dienone is 1. The molecule has 0 saturated carbocycles. The highest BCUT2D eigenvalue weighted by Crippen LogP contribution is 2.22. The number of rotatable bonds is 8. The molecule has 0 bridgehead atoms. The Kier molecular flexibility index (Phi) is 6.48. The molecule has 0 spiro atoms. The maximum atomic E-state index is 5.63. The van der Waals surface area contributed by atoms with Gasteiger partial charge >= 0.3 is 0 Å². The fourth-order valence-corrected chi connectivity index (χ4v) is 2.31. The van der Waals surface area contributed by atoms with Crippen LogP contribution < -0.4 is 5.73 Å². The van der Waals surface area contributed by atoms with Crippen LogP contribution in [0.4, 0.5) is 5.69 Å². The normalized spacial score (nSPS) is 12.3. The number of anilines is 1. The van der Waals surface area contributed by atoms with Crippen molar-refractivity contribution in [1.82, 2.24) is 4.98 Å². The molecule has 1 heterocycles. The van der Waals surface area contributed by atoms with Gasteiger partial charge in [-0.2, -0.15) is 0 Å². The first-order valence-corrected chi connectivity index (χ1v) is 7.07. The lowest BCUT2D eigenvalue weighted by molar-refractivity contribution is 0.422. The van der Waals surface area contributed by atoms with Crippen LogP contribution in [0, 0.1) is 5.92 Å². The predicted molar refractivity (Wildman–Crippen MR) is 80.2 cm³/mol. The third-order valence-corrected chi connectivity index (χ3v) is 3.51. The number of nitrogens with zero attached hydrogens (tertiary/aromatic N) is 1. The molecule has 1 aromatic heterocycles. The van der Waals surface area contributed by atoms with Crippen LogP contribution in [-0.4, -0.2) is 4.98 Å². The van der Waals surface area contributed by atoms with Gasteiger partial charge in [-0.3, -0.25) is 4.98 Å². The van der Waals surface area contributed by atoms with Crippen LogP contribution in [0.3, 0.4) is 0 Å². The molecular weight excluding hydrogens is 220 g/mol. The van der Waals surface area contributed by atoms with E-state index in [0.29, 0.717) is 5.69 Å². The number of aromatic nitrogens is 1. The first kappa shape index (κ1) is 14.7. The summed E-state index contributed by atoms with van der Waals surface area (Å²) in [5.41, 5.74) is 8.44. The molecule has 1 unspecified atom stereocenters. The zero-order valence-corrected chi connectivity index (χ0v) is 11.8. The fraction of sp³-hybridized carbons (Fsp3) is 0.562. The van der Waals surface area contributed by atoms with Crippen molar-refractivity contribution in [2.45, 2.75) is 52.4 Å². The van der Waals surface area contributed by atoms with Crippen molar-refractivity contribution in [1.29, 1.82) is 0 Å². The second-order valence-electron chi connectivity index (χ2n) is 5.04. The van der Waals surface area contributed by atoms with Gasteiger partial charge in [-0.05, 0) is 36.5 Å². The molecule has 2 nitrogen and oxygen atoms in total. The highest BCUT2D eigenvalue weighted by Gasteiger charge is 2.06. The number of nitrogen functional groups attached to an aromatic ring is 1. The summed E-state index contributed by atoms with van der Waals surface area (Å²) in [6, 6.07) is 3.85. The van der Waals surface area contributed by atoms with Gasteiger partial charge in [-0.1, -0.05) is 46.1 Å². The van der Waals surface area contributed by atoms with Crippen molar-refractivity contribution >= 4 is 11.3 Å². The second-order valence-corrected chi connectivity index (χ2v) is 5.04. The molecule has 2 N–H and O–H groups in total. The minimum absolute atomic E-state index is 0.709. The van der Waals surface area contributed by atoms with Gasteiger partial charge < -0.3 is 5.73 Å². The van der Waals surface area contributed by atoms with E-state index in [0.717, 1.165) is 23.6 Å². The molecule has 1 rings (SSSR count). The molecule has 18 heavy (non-hydrogen) atoms. The van der Waals surface area contributed by atoms with Gasteiger partial charge in [0, 0.05) is 0 Å². The second kappa shape index (κ2) is 7.91. The topological polar surface area (TPSA) is 38.9 Å². The molecule has 0 fully saturated rings. The molecule has 0 aliphatic carbocycles. The van der Waals surface area contributed by atoms with Crippen LogP contribution in [0.15, 0.2) is 24.9 Å². The van der Waals surface area contributed by atoms with Crippen molar-refractivity contribution in [3.8, 4) is 0 Å². The third kappa shape index (κ3) is 4.91. The van der Waals surface area contributed by atoms with E-state index < -0.39 is 0 Å². The summed E-state index contributed by atoms with van der Waals surface area (Å²) >= 11 is 0. The smallest absolute Gasteiger partial charge is 0.0657 e. The van der Waals surface area contributed by atoms with Gasteiger partial charge in [-0.15, -0.1) is 0 Å². The van der Waals surface area contributed by atoms with E-state index in [4.69, 9.17) is 5.73 Å². The number of nitrogens with two attached hydrogens (primary N) is 1. The minimum Gasteiger partial charge on any atom is -0.397 e. The van der Waals surface area contributed by atoms with E-state index >= 15 is 0 Å². The van der Waals surface area contributed by atoms with Crippen LogP contribution in [0.25, 0.3) is 5.57 Å². The highest BCUT2D eigenvalue weighted by atomic mass is 14.7. The maximum Gasteiger partial charge on any atom is 0.0657 e. The Morgan fingerprint density at radius 2 is 2.11 bits per heavy atom. The summed E-state index contributed by atoms with van der Waals surface area (Å²) in [5.74, 6) is 0.877. The van der Waals surface area contributed by atoms with Gasteiger partial charge in [0.1, 0.15) is 0 Å². The molecule has 0 aromatic carbocycles. The Bertz CT molecular complexity index is 354. The maximum absolute atomic E-state index is 5.63. The quantitative estimate of drug-likeness (QED) is 0.723. The third-order valence-electron chi connectivity index (χ3n) is 3.51. The van der Waals surface area contributed by atoms with Crippen molar-refractivity contribution in [2.75, 3.05) is 5.73 Å². The van der Waals surface area contributed by atoms with E-state index in [1.54, 1.807) is 6.20 Å². The Balaban J connectivity index is 2.35. The molecule has 100 valence electrons. The molecule has 2 heteroatoms. The van der Waals surface area contributed by atoms with Crippen molar-refractivity contribution < 1.29 is 0 Å². The van der Waals surface area contributed by atoms with Gasteiger partial charge in [0.25, 0.3) is 0 Å². The van der Waals surface area contributed by atoms with Crippen LogP contribution in [0.1, 0.15) is 58.1 Å². The van der Waals surface area contributed by atoms with Gasteiger partial charge in [0.2, 0.25) is 0 Å². The van der Waals surface area contributed by atoms with E-state index in [1.807, 2.05) is 12.1 Å². The Morgan fingerprint density at radius 1 is 1.33 bits per heavy atom. The van der Waals surface area contributed by atoms with Gasteiger partial charge in [-0.25, -0.2) is 0 Å². The average Bonchev–Trinajstić information content (AvgIpc) is 2.38. The van der Waals surface area contributed by atoms with E-state index in [9.17, 15) is 0 Å². The van der Waals surface area contributed by atoms with Crippen molar-refractivity contribution in [3.63, 3.8) is 0 Å². The van der Waals surface area contributed by atoms with E-state index in [-0.39, 0.29) is 0 Å². The molecule has 0 saturated heterocycles. The number of hydrogen-bond acceptors (Lipinski definition) is 2. The molecule has 0 radical (unpaired) electrons. The number of hydrogen-bond donors (Lipinski definition) is 1. The first-order valence-electron chi connectivity index (χ1n) is 7.07. The van der Waals surface area contributed by atoms with Crippen molar-refractivity contribution in [2.24, 2.45) is 5.92 Å². The van der Waals surface area contributed by atoms with E-state index in [2.05, 4.69) is 25.4 Å². The first-order chi connectivity index (χ1) is 8.67. The Hall–Kier alpha value is -1.31. The zero-order chi connectivity index (χ0) is 13.4. The fourth-order valence-electron chi connectivity index (χ4n) is 2.31. The summed E-state index contributed by atoms with van der Waals surface area (Å²) in [7, 11) is 0. The summed E-state index contributed by atoms with van der Waals surface area (Å²) in [5, 5.41) is 0. The zero-order valence-electron chi connectivity index (χ0n) is 11.8. The lowest BCUT2D eigenvalue weighted by atomic mass is 9.93. The molecule has 1 atom stereocenters. The van der Waals surface area contributed by atoms with Gasteiger partial charge in [0.15, 0.2) is 0 Å². The minimum atomic E-state index is 0.709. The SMILES string of the molecule is C=C(CCCC(CC)CCC)c1ccc(N)cn1. The molecule has 1 aromatic rings. The van der Waals surface area contributed by atoms with Crippen LogP contribution in [0.5, 0.6) is 0 Å². The molecule has 0 aliphatic heterocycles. The summed E-state index contributed by atoms with van der Waals surface area (Å²) in [6.45, 7) is 8.67. The van der Waals surface area contributed by atoms with Crippen LogP contribution in [0.2, 0.25) is 0 Å². The monoisotopic (exact) mass is 246 g/mol.